The van der Waals surface area contributed by atoms with E-state index in [2.05, 4.69) is 17.4 Å². The molecule has 0 spiro atoms. The summed E-state index contributed by atoms with van der Waals surface area (Å²) in [6.07, 6.45) is 1.92. The lowest BCUT2D eigenvalue weighted by molar-refractivity contribution is -0.113. The lowest BCUT2D eigenvalue weighted by atomic mass is 10.2. The maximum absolute atomic E-state index is 10.9. The molecule has 1 aromatic rings. The van der Waals surface area contributed by atoms with Gasteiger partial charge in [-0.05, 0) is 25.0 Å². The van der Waals surface area contributed by atoms with Gasteiger partial charge in [-0.3, -0.25) is 4.79 Å². The number of carbonyl (C=O) groups is 1. The minimum absolute atomic E-state index is 0.136. The van der Waals surface area contributed by atoms with Gasteiger partial charge in [0.15, 0.2) is 5.78 Å². The molecule has 15 heavy (non-hydrogen) atoms. The van der Waals surface area contributed by atoms with E-state index in [9.17, 15) is 4.79 Å². The Balaban J connectivity index is 2.29. The predicted octanol–water partition coefficient (Wildman–Crippen LogP) is 2.31. The molecular formula is C13H17NO. The van der Waals surface area contributed by atoms with E-state index in [1.807, 2.05) is 31.2 Å². The average molecular weight is 203 g/mol. The summed E-state index contributed by atoms with van der Waals surface area (Å²) in [7, 11) is 0. The maximum Gasteiger partial charge on any atom is 0.155 e. The van der Waals surface area contributed by atoms with Crippen molar-refractivity contribution >= 4 is 5.78 Å². The molecule has 1 rings (SSSR count). The topological polar surface area (TPSA) is 29.1 Å². The van der Waals surface area contributed by atoms with Gasteiger partial charge >= 0.3 is 0 Å². The molecule has 0 radical (unpaired) electrons. The molecule has 2 heteroatoms. The highest BCUT2D eigenvalue weighted by molar-refractivity contribution is 5.92. The van der Waals surface area contributed by atoms with Crippen LogP contribution < -0.4 is 5.32 Å². The normalized spacial score (nSPS) is 11.5. The zero-order valence-corrected chi connectivity index (χ0v) is 9.29. The quantitative estimate of drug-likeness (QED) is 0.587. The Hall–Kier alpha value is -1.41. The molecule has 0 saturated carbocycles. The first kappa shape index (κ1) is 11.7. The number of rotatable bonds is 5. The van der Waals surface area contributed by atoms with Gasteiger partial charge in [0.2, 0.25) is 0 Å². The van der Waals surface area contributed by atoms with E-state index in [0.29, 0.717) is 0 Å². The van der Waals surface area contributed by atoms with Crippen molar-refractivity contribution in [2.75, 3.05) is 6.54 Å². The summed E-state index contributed by atoms with van der Waals surface area (Å²) in [5, 5.41) is 3.26. The van der Waals surface area contributed by atoms with Crippen LogP contribution in [-0.4, -0.2) is 12.3 Å². The van der Waals surface area contributed by atoms with E-state index in [1.54, 1.807) is 6.92 Å². The summed E-state index contributed by atoms with van der Waals surface area (Å²) in [4.78, 5) is 10.9. The van der Waals surface area contributed by atoms with Gasteiger partial charge in [-0.25, -0.2) is 0 Å². The smallest absolute Gasteiger partial charge is 0.155 e. The molecular weight excluding hydrogens is 186 g/mol. The van der Waals surface area contributed by atoms with Crippen LogP contribution in [-0.2, 0) is 11.3 Å². The first-order valence-corrected chi connectivity index (χ1v) is 5.12. The third-order valence-electron chi connectivity index (χ3n) is 2.28. The molecule has 0 amide bonds. The van der Waals surface area contributed by atoms with Gasteiger partial charge in [0.05, 0.1) is 0 Å². The third-order valence-corrected chi connectivity index (χ3v) is 2.28. The zero-order chi connectivity index (χ0) is 11.1. The van der Waals surface area contributed by atoms with Crippen LogP contribution in [0.4, 0.5) is 0 Å². The van der Waals surface area contributed by atoms with Crippen LogP contribution in [0, 0.1) is 0 Å². The van der Waals surface area contributed by atoms with E-state index < -0.39 is 0 Å². The van der Waals surface area contributed by atoms with Crippen molar-refractivity contribution < 1.29 is 4.79 Å². The first-order chi connectivity index (χ1) is 7.20. The summed E-state index contributed by atoms with van der Waals surface area (Å²) in [6.45, 7) is 5.00. The van der Waals surface area contributed by atoms with Crippen LogP contribution in [0.1, 0.15) is 19.4 Å². The second-order valence-electron chi connectivity index (χ2n) is 3.56. The summed E-state index contributed by atoms with van der Waals surface area (Å²) >= 11 is 0. The largest absolute Gasteiger partial charge is 0.309 e. The highest BCUT2D eigenvalue weighted by Crippen LogP contribution is 1.97. The second kappa shape index (κ2) is 6.14. The Morgan fingerprint density at radius 3 is 2.53 bits per heavy atom. The number of hydrogen-bond acceptors (Lipinski definition) is 2. The Bertz CT molecular complexity index is 341. The summed E-state index contributed by atoms with van der Waals surface area (Å²) in [5.41, 5.74) is 2.07. The van der Waals surface area contributed by atoms with Crippen LogP contribution in [0.25, 0.3) is 0 Å². The fourth-order valence-corrected chi connectivity index (χ4v) is 1.18. The molecule has 0 aliphatic rings. The van der Waals surface area contributed by atoms with Crippen LogP contribution in [0.2, 0.25) is 0 Å². The van der Waals surface area contributed by atoms with E-state index >= 15 is 0 Å². The summed E-state index contributed by atoms with van der Waals surface area (Å²) in [5.74, 6) is 0.136. The molecule has 0 aromatic heterocycles. The average Bonchev–Trinajstić information content (AvgIpc) is 2.25. The molecule has 1 aromatic carbocycles. The Labute approximate surface area is 91.0 Å². The van der Waals surface area contributed by atoms with Crippen molar-refractivity contribution in [2.45, 2.75) is 20.4 Å². The van der Waals surface area contributed by atoms with Crippen LogP contribution in [0.3, 0.4) is 0 Å². The van der Waals surface area contributed by atoms with Gasteiger partial charge in [-0.15, -0.1) is 0 Å². The third kappa shape index (κ3) is 4.56. The van der Waals surface area contributed by atoms with Crippen LogP contribution in [0.5, 0.6) is 0 Å². The van der Waals surface area contributed by atoms with E-state index in [-0.39, 0.29) is 5.78 Å². The summed E-state index contributed by atoms with van der Waals surface area (Å²) < 4.78 is 0. The number of Topliss-reactive ketones (excluding diaryl/α,β-unsaturated/α-hetero) is 1. The Morgan fingerprint density at radius 1 is 1.27 bits per heavy atom. The first-order valence-electron chi connectivity index (χ1n) is 5.12. The van der Waals surface area contributed by atoms with Crippen LogP contribution >= 0.6 is 0 Å². The number of hydrogen-bond donors (Lipinski definition) is 1. The highest BCUT2D eigenvalue weighted by atomic mass is 16.1. The van der Waals surface area contributed by atoms with Crippen molar-refractivity contribution in [3.63, 3.8) is 0 Å². The fraction of sp³-hybridized carbons (Fsp3) is 0.308. The Morgan fingerprint density at radius 2 is 1.93 bits per heavy atom. The van der Waals surface area contributed by atoms with Crippen molar-refractivity contribution in [1.29, 1.82) is 0 Å². The van der Waals surface area contributed by atoms with Gasteiger partial charge < -0.3 is 5.32 Å². The minimum atomic E-state index is 0.136. The number of nitrogens with one attached hydrogen (secondary N) is 1. The van der Waals surface area contributed by atoms with Gasteiger partial charge in [-0.1, -0.05) is 36.4 Å². The molecule has 0 saturated heterocycles. The summed E-state index contributed by atoms with van der Waals surface area (Å²) in [6, 6.07) is 10.2. The van der Waals surface area contributed by atoms with Crippen molar-refractivity contribution in [1.82, 2.24) is 5.32 Å². The van der Waals surface area contributed by atoms with Crippen molar-refractivity contribution in [3.05, 3.63) is 47.5 Å². The van der Waals surface area contributed by atoms with E-state index in [4.69, 9.17) is 0 Å². The molecule has 0 unspecified atom stereocenters. The van der Waals surface area contributed by atoms with Crippen molar-refractivity contribution in [2.24, 2.45) is 0 Å². The number of allylic oxidation sites excluding steroid dienone is 1. The van der Waals surface area contributed by atoms with Crippen molar-refractivity contribution in [3.8, 4) is 0 Å². The molecule has 0 atom stereocenters. The molecule has 80 valence electrons. The molecule has 0 bridgehead atoms. The molecule has 1 N–H and O–H groups in total. The number of ketones is 1. The highest BCUT2D eigenvalue weighted by Gasteiger charge is 1.94. The molecule has 0 aliphatic heterocycles. The monoisotopic (exact) mass is 203 g/mol. The molecule has 0 heterocycles. The van der Waals surface area contributed by atoms with Gasteiger partial charge in [0, 0.05) is 13.1 Å². The SMILES string of the molecule is CC(=O)/C(C)=C/CNCc1ccccc1. The molecule has 0 aliphatic carbocycles. The zero-order valence-electron chi connectivity index (χ0n) is 9.29. The lowest BCUT2D eigenvalue weighted by Gasteiger charge is -2.02. The van der Waals surface area contributed by atoms with Crippen LogP contribution in [0.15, 0.2) is 42.0 Å². The number of benzene rings is 1. The Kier molecular flexibility index (Phi) is 4.78. The second-order valence-corrected chi connectivity index (χ2v) is 3.56. The molecule has 0 fully saturated rings. The number of carbonyl (C=O) groups excluding carboxylic acids is 1. The molecule has 2 nitrogen and oxygen atoms in total. The fourth-order valence-electron chi connectivity index (χ4n) is 1.18. The van der Waals surface area contributed by atoms with Gasteiger partial charge in [-0.2, -0.15) is 0 Å². The minimum Gasteiger partial charge on any atom is -0.309 e. The lowest BCUT2D eigenvalue weighted by Crippen LogP contribution is -2.13. The maximum atomic E-state index is 10.9. The predicted molar refractivity (Wildman–Crippen MR) is 62.6 cm³/mol. The standard InChI is InChI=1S/C13H17NO/c1-11(12(2)15)8-9-14-10-13-6-4-3-5-7-13/h3-8,14H,9-10H2,1-2H3/b11-8+. The van der Waals surface area contributed by atoms with Gasteiger partial charge in [0.1, 0.15) is 0 Å². The van der Waals surface area contributed by atoms with Gasteiger partial charge in [0.25, 0.3) is 0 Å². The van der Waals surface area contributed by atoms with E-state index in [0.717, 1.165) is 18.7 Å². The van der Waals surface area contributed by atoms with E-state index in [1.165, 1.54) is 5.56 Å².